The van der Waals surface area contributed by atoms with E-state index in [1.54, 1.807) is 12.3 Å². The normalized spacial score (nSPS) is 13.2. The van der Waals surface area contributed by atoms with E-state index in [9.17, 15) is 4.79 Å². The van der Waals surface area contributed by atoms with Crippen LogP contribution in [0.15, 0.2) is 36.7 Å². The van der Waals surface area contributed by atoms with Crippen LogP contribution in [0, 0.1) is 5.92 Å². The Morgan fingerprint density at radius 2 is 2.00 bits per heavy atom. The van der Waals surface area contributed by atoms with Crippen molar-refractivity contribution in [2.24, 2.45) is 11.7 Å². The van der Waals surface area contributed by atoms with Gasteiger partial charge in [-0.15, -0.1) is 24.8 Å². The van der Waals surface area contributed by atoms with Gasteiger partial charge in [-0.1, -0.05) is 18.2 Å². The van der Waals surface area contributed by atoms with E-state index in [-0.39, 0.29) is 24.8 Å². The van der Waals surface area contributed by atoms with E-state index in [0.717, 1.165) is 23.6 Å². The van der Waals surface area contributed by atoms with Crippen LogP contribution < -0.4 is 5.73 Å². The van der Waals surface area contributed by atoms with E-state index in [1.165, 1.54) is 12.8 Å². The van der Waals surface area contributed by atoms with Crippen LogP contribution in [0.2, 0.25) is 0 Å². The summed E-state index contributed by atoms with van der Waals surface area (Å²) in [4.78, 5) is 11.4. The molecule has 2 N–H and O–H groups in total. The Bertz CT molecular complexity index is 594. The quantitative estimate of drug-likeness (QED) is 0.943. The van der Waals surface area contributed by atoms with Gasteiger partial charge in [0.25, 0.3) is 0 Å². The predicted molar refractivity (Wildman–Crippen MR) is 83.4 cm³/mol. The van der Waals surface area contributed by atoms with E-state index < -0.39 is 5.91 Å². The number of primary amides is 1. The van der Waals surface area contributed by atoms with Crippen LogP contribution in [0.4, 0.5) is 0 Å². The van der Waals surface area contributed by atoms with Crippen LogP contribution in [0.1, 0.15) is 23.2 Å². The monoisotopic (exact) mass is 313 g/mol. The standard InChI is InChI=1S/C14H15N3O.2ClH/c15-14(18)13-4-2-1-3-12(13)11-7-16-17(9-11)8-10-5-6-10;;/h1-4,7,9-10H,5-6,8H2,(H2,15,18);2*1H. The Morgan fingerprint density at radius 3 is 2.65 bits per heavy atom. The number of nitrogens with two attached hydrogens (primary N) is 1. The predicted octanol–water partition coefficient (Wildman–Crippen LogP) is 2.90. The second kappa shape index (κ2) is 6.77. The molecular weight excluding hydrogens is 297 g/mol. The number of rotatable bonds is 4. The summed E-state index contributed by atoms with van der Waals surface area (Å²) >= 11 is 0. The minimum atomic E-state index is -0.402. The molecule has 1 fully saturated rings. The van der Waals surface area contributed by atoms with E-state index in [2.05, 4.69) is 5.10 Å². The van der Waals surface area contributed by atoms with Crippen molar-refractivity contribution in [2.75, 3.05) is 0 Å². The van der Waals surface area contributed by atoms with Crippen LogP contribution in [0.3, 0.4) is 0 Å². The van der Waals surface area contributed by atoms with Gasteiger partial charge in [-0.05, 0) is 30.4 Å². The van der Waals surface area contributed by atoms with E-state index in [1.807, 2.05) is 29.1 Å². The molecule has 1 aliphatic carbocycles. The molecule has 0 saturated heterocycles. The zero-order valence-corrected chi connectivity index (χ0v) is 12.5. The molecule has 0 aliphatic heterocycles. The van der Waals surface area contributed by atoms with Gasteiger partial charge in [-0.25, -0.2) is 0 Å². The Kier molecular flexibility index (Phi) is 5.60. The van der Waals surface area contributed by atoms with Crippen molar-refractivity contribution in [3.63, 3.8) is 0 Å². The first-order valence-electron chi connectivity index (χ1n) is 6.15. The zero-order chi connectivity index (χ0) is 12.5. The fourth-order valence-corrected chi connectivity index (χ4v) is 2.12. The highest BCUT2D eigenvalue weighted by atomic mass is 35.5. The van der Waals surface area contributed by atoms with Crippen molar-refractivity contribution in [2.45, 2.75) is 19.4 Å². The molecule has 1 aliphatic rings. The van der Waals surface area contributed by atoms with Gasteiger partial charge >= 0.3 is 0 Å². The van der Waals surface area contributed by atoms with Gasteiger partial charge in [-0.2, -0.15) is 5.10 Å². The molecule has 0 spiro atoms. The number of nitrogens with zero attached hydrogens (tertiary/aromatic N) is 2. The maximum atomic E-state index is 11.4. The van der Waals surface area contributed by atoms with Crippen molar-refractivity contribution in [1.29, 1.82) is 0 Å². The van der Waals surface area contributed by atoms with Crippen LogP contribution >= 0.6 is 24.8 Å². The summed E-state index contributed by atoms with van der Waals surface area (Å²) in [6.45, 7) is 0.971. The molecule has 1 aromatic carbocycles. The van der Waals surface area contributed by atoms with Crippen LogP contribution in [0.25, 0.3) is 11.1 Å². The molecule has 1 heterocycles. The molecule has 6 heteroatoms. The molecule has 0 radical (unpaired) electrons. The molecule has 1 aromatic heterocycles. The van der Waals surface area contributed by atoms with E-state index in [4.69, 9.17) is 5.73 Å². The second-order valence-electron chi connectivity index (χ2n) is 4.80. The molecule has 1 saturated carbocycles. The Balaban J connectivity index is 0.000001000. The summed E-state index contributed by atoms with van der Waals surface area (Å²) in [6.07, 6.45) is 6.38. The van der Waals surface area contributed by atoms with Gasteiger partial charge in [0, 0.05) is 23.9 Å². The minimum absolute atomic E-state index is 0. The highest BCUT2D eigenvalue weighted by molar-refractivity contribution is 5.99. The van der Waals surface area contributed by atoms with Gasteiger partial charge in [0.1, 0.15) is 0 Å². The van der Waals surface area contributed by atoms with Crippen molar-refractivity contribution in [3.8, 4) is 11.1 Å². The molecule has 0 bridgehead atoms. The number of amides is 1. The lowest BCUT2D eigenvalue weighted by atomic mass is 10.0. The van der Waals surface area contributed by atoms with Crippen molar-refractivity contribution in [1.82, 2.24) is 9.78 Å². The largest absolute Gasteiger partial charge is 0.366 e. The molecule has 4 nitrogen and oxygen atoms in total. The zero-order valence-electron chi connectivity index (χ0n) is 10.9. The van der Waals surface area contributed by atoms with Gasteiger partial charge in [0.15, 0.2) is 0 Å². The smallest absolute Gasteiger partial charge is 0.249 e. The third kappa shape index (κ3) is 3.52. The number of benzene rings is 1. The lowest BCUT2D eigenvalue weighted by Crippen LogP contribution is -2.12. The van der Waals surface area contributed by atoms with Crippen LogP contribution in [-0.2, 0) is 6.54 Å². The third-order valence-electron chi connectivity index (χ3n) is 3.28. The summed E-state index contributed by atoms with van der Waals surface area (Å²) in [5.41, 5.74) is 7.73. The van der Waals surface area contributed by atoms with Gasteiger partial charge in [0.05, 0.1) is 6.20 Å². The topological polar surface area (TPSA) is 60.9 Å². The number of aromatic nitrogens is 2. The van der Waals surface area contributed by atoms with Crippen molar-refractivity contribution < 1.29 is 4.79 Å². The number of hydrogen-bond acceptors (Lipinski definition) is 2. The molecule has 20 heavy (non-hydrogen) atoms. The van der Waals surface area contributed by atoms with Crippen LogP contribution in [0.5, 0.6) is 0 Å². The van der Waals surface area contributed by atoms with Gasteiger partial charge < -0.3 is 5.73 Å². The summed E-state index contributed by atoms with van der Waals surface area (Å²) < 4.78 is 1.95. The average Bonchev–Trinajstić information content (AvgIpc) is 3.05. The van der Waals surface area contributed by atoms with Gasteiger partial charge in [-0.3, -0.25) is 9.48 Å². The first-order chi connectivity index (χ1) is 8.74. The molecular formula is C14H17Cl2N3O. The summed E-state index contributed by atoms with van der Waals surface area (Å²) in [5.74, 6) is 0.379. The SMILES string of the molecule is Cl.Cl.NC(=O)c1ccccc1-c1cnn(CC2CC2)c1. The van der Waals surface area contributed by atoms with Crippen molar-refractivity contribution in [3.05, 3.63) is 42.2 Å². The van der Waals surface area contributed by atoms with Crippen molar-refractivity contribution >= 4 is 30.7 Å². The minimum Gasteiger partial charge on any atom is -0.366 e. The summed E-state index contributed by atoms with van der Waals surface area (Å²) in [7, 11) is 0. The Hall–Kier alpha value is -1.52. The first-order valence-corrected chi connectivity index (χ1v) is 6.15. The van der Waals surface area contributed by atoms with E-state index >= 15 is 0 Å². The lowest BCUT2D eigenvalue weighted by Gasteiger charge is -2.03. The average molecular weight is 314 g/mol. The highest BCUT2D eigenvalue weighted by Gasteiger charge is 2.22. The number of carbonyl (C=O) groups excluding carboxylic acids is 1. The van der Waals surface area contributed by atoms with Gasteiger partial charge in [0.2, 0.25) is 5.91 Å². The lowest BCUT2D eigenvalue weighted by molar-refractivity contribution is 0.100. The number of halogens is 2. The number of hydrogen-bond donors (Lipinski definition) is 1. The Labute approximate surface area is 130 Å². The summed E-state index contributed by atoms with van der Waals surface area (Å²) in [5, 5.41) is 4.34. The van der Waals surface area contributed by atoms with Crippen LogP contribution in [-0.4, -0.2) is 15.7 Å². The number of carbonyl (C=O) groups is 1. The Morgan fingerprint density at radius 1 is 1.30 bits per heavy atom. The highest BCUT2D eigenvalue weighted by Crippen LogP contribution is 2.31. The molecule has 0 unspecified atom stereocenters. The molecule has 108 valence electrons. The summed E-state index contributed by atoms with van der Waals surface area (Å²) in [6, 6.07) is 7.37. The van der Waals surface area contributed by atoms with E-state index in [0.29, 0.717) is 5.56 Å². The first kappa shape index (κ1) is 16.5. The fourth-order valence-electron chi connectivity index (χ4n) is 2.12. The molecule has 2 aromatic rings. The second-order valence-corrected chi connectivity index (χ2v) is 4.80. The molecule has 3 rings (SSSR count). The maximum absolute atomic E-state index is 11.4. The maximum Gasteiger partial charge on any atom is 0.249 e. The fraction of sp³-hybridized carbons (Fsp3) is 0.286. The molecule has 0 atom stereocenters. The third-order valence-corrected chi connectivity index (χ3v) is 3.28. The molecule has 1 amide bonds.